The molecule has 3 aromatic rings. The van der Waals surface area contributed by atoms with E-state index < -0.39 is 4.92 Å². The van der Waals surface area contributed by atoms with Gasteiger partial charge in [0.1, 0.15) is 0 Å². The first kappa shape index (κ1) is 15.5. The second kappa shape index (κ2) is 6.39. The van der Waals surface area contributed by atoms with Gasteiger partial charge >= 0.3 is 5.69 Å². The molecule has 0 atom stereocenters. The summed E-state index contributed by atoms with van der Waals surface area (Å²) in [4.78, 5) is 19.0. The molecular formula is C15H11ClN4O2S. The number of hydrogen-bond acceptors (Lipinski definition) is 5. The number of pyridine rings is 1. The van der Waals surface area contributed by atoms with Crippen LogP contribution in [0.3, 0.4) is 0 Å². The monoisotopic (exact) mass is 346 g/mol. The highest BCUT2D eigenvalue weighted by Gasteiger charge is 2.18. The van der Waals surface area contributed by atoms with Gasteiger partial charge in [0, 0.05) is 24.3 Å². The molecule has 23 heavy (non-hydrogen) atoms. The van der Waals surface area contributed by atoms with Gasteiger partial charge in [-0.05, 0) is 35.5 Å². The molecule has 0 aliphatic heterocycles. The molecule has 8 heteroatoms. The third kappa shape index (κ3) is 3.20. The van der Waals surface area contributed by atoms with Crippen molar-refractivity contribution in [1.29, 1.82) is 0 Å². The Bertz CT molecular complexity index is 864. The van der Waals surface area contributed by atoms with Gasteiger partial charge in [-0.2, -0.15) is 0 Å². The van der Waals surface area contributed by atoms with Crippen molar-refractivity contribution in [3.8, 4) is 11.3 Å². The summed E-state index contributed by atoms with van der Waals surface area (Å²) in [5.41, 5.74) is 1.82. The van der Waals surface area contributed by atoms with Crippen LogP contribution in [0.4, 0.5) is 5.69 Å². The summed E-state index contributed by atoms with van der Waals surface area (Å²) in [5.74, 6) is 0. The summed E-state index contributed by atoms with van der Waals surface area (Å²) in [7, 11) is 1.86. The van der Waals surface area contributed by atoms with Crippen molar-refractivity contribution in [1.82, 2.24) is 14.5 Å². The van der Waals surface area contributed by atoms with E-state index in [1.165, 1.54) is 12.3 Å². The fourth-order valence-corrected chi connectivity index (χ4v) is 3.06. The van der Waals surface area contributed by atoms with Crippen molar-refractivity contribution in [2.75, 3.05) is 0 Å². The Morgan fingerprint density at radius 1 is 1.22 bits per heavy atom. The van der Waals surface area contributed by atoms with E-state index in [0.717, 1.165) is 23.0 Å². The Kier molecular flexibility index (Phi) is 4.31. The quantitative estimate of drug-likeness (QED) is 0.523. The maximum absolute atomic E-state index is 11.1. The molecule has 0 spiro atoms. The van der Waals surface area contributed by atoms with Crippen LogP contribution in [0.15, 0.2) is 59.0 Å². The van der Waals surface area contributed by atoms with Crippen LogP contribution >= 0.6 is 23.4 Å². The summed E-state index contributed by atoms with van der Waals surface area (Å²) >= 11 is 7.06. The molecule has 0 saturated carbocycles. The fraction of sp³-hybridized carbons (Fsp3) is 0.0667. The Hall–Kier alpha value is -2.38. The number of hydrogen-bond donors (Lipinski definition) is 0. The Labute approximate surface area is 141 Å². The highest BCUT2D eigenvalue weighted by Crippen LogP contribution is 2.33. The van der Waals surface area contributed by atoms with Gasteiger partial charge in [0.05, 0.1) is 16.8 Å². The molecule has 0 radical (unpaired) electrons. The Morgan fingerprint density at radius 2 is 1.96 bits per heavy atom. The van der Waals surface area contributed by atoms with Gasteiger partial charge in [-0.25, -0.2) is 9.97 Å². The minimum atomic E-state index is -0.446. The van der Waals surface area contributed by atoms with E-state index in [-0.39, 0.29) is 5.69 Å². The van der Waals surface area contributed by atoms with Gasteiger partial charge in [0.25, 0.3) is 0 Å². The van der Waals surface area contributed by atoms with Crippen LogP contribution in [0.25, 0.3) is 11.3 Å². The zero-order valence-electron chi connectivity index (χ0n) is 12.0. The molecule has 0 saturated heterocycles. The molecule has 3 rings (SSSR count). The molecule has 116 valence electrons. The van der Waals surface area contributed by atoms with Gasteiger partial charge in [0.15, 0.2) is 10.2 Å². The molecule has 0 unspecified atom stereocenters. The maximum Gasteiger partial charge on any atom is 0.301 e. The van der Waals surface area contributed by atoms with E-state index in [9.17, 15) is 10.1 Å². The molecule has 0 aliphatic rings. The molecule has 6 nitrogen and oxygen atoms in total. The van der Waals surface area contributed by atoms with Gasteiger partial charge in [-0.1, -0.05) is 23.7 Å². The summed E-state index contributed by atoms with van der Waals surface area (Å²) in [6.07, 6.45) is 3.25. The molecule has 2 heterocycles. The lowest BCUT2D eigenvalue weighted by atomic mass is 10.2. The van der Waals surface area contributed by atoms with E-state index in [1.54, 1.807) is 24.4 Å². The molecule has 2 aromatic heterocycles. The average molecular weight is 347 g/mol. The standard InChI is InChI=1S/C15H11ClN4O2S/c1-19-13(10-4-6-11(16)7-5-10)9-18-15(19)23-14-12(20(21)22)3-2-8-17-14/h2-9H,1H3. The number of benzene rings is 1. The number of imidazole rings is 1. The van der Waals surface area contributed by atoms with E-state index in [0.29, 0.717) is 15.2 Å². The van der Waals surface area contributed by atoms with Crippen LogP contribution in [0, 0.1) is 10.1 Å². The van der Waals surface area contributed by atoms with Crippen molar-refractivity contribution in [3.63, 3.8) is 0 Å². The minimum absolute atomic E-state index is 0.0338. The first-order valence-electron chi connectivity index (χ1n) is 6.61. The number of nitro groups is 1. The molecule has 0 fully saturated rings. The number of rotatable bonds is 4. The number of halogens is 1. The zero-order valence-corrected chi connectivity index (χ0v) is 13.6. The van der Waals surface area contributed by atoms with E-state index >= 15 is 0 Å². The first-order chi connectivity index (χ1) is 11.1. The molecule has 1 aromatic carbocycles. The van der Waals surface area contributed by atoms with Gasteiger partial charge < -0.3 is 4.57 Å². The predicted octanol–water partition coefficient (Wildman–Crippen LogP) is 4.19. The Morgan fingerprint density at radius 3 is 2.65 bits per heavy atom. The molecule has 0 aliphatic carbocycles. The van der Waals surface area contributed by atoms with Gasteiger partial charge in [-0.3, -0.25) is 10.1 Å². The topological polar surface area (TPSA) is 73.8 Å². The van der Waals surface area contributed by atoms with Crippen LogP contribution in [-0.4, -0.2) is 19.5 Å². The van der Waals surface area contributed by atoms with Crippen LogP contribution in [0.2, 0.25) is 5.02 Å². The lowest BCUT2D eigenvalue weighted by Gasteiger charge is -2.06. The molecule has 0 bridgehead atoms. The van der Waals surface area contributed by atoms with E-state index in [1.807, 2.05) is 23.7 Å². The lowest BCUT2D eigenvalue weighted by Crippen LogP contribution is -1.97. The summed E-state index contributed by atoms with van der Waals surface area (Å²) in [6, 6.07) is 10.4. The Balaban J connectivity index is 1.94. The third-order valence-corrected chi connectivity index (χ3v) is 4.54. The highest BCUT2D eigenvalue weighted by atomic mass is 35.5. The van der Waals surface area contributed by atoms with Crippen molar-refractivity contribution >= 4 is 29.1 Å². The summed E-state index contributed by atoms with van der Waals surface area (Å²) in [6.45, 7) is 0. The smallest absolute Gasteiger partial charge is 0.301 e. The first-order valence-corrected chi connectivity index (χ1v) is 7.80. The second-order valence-electron chi connectivity index (χ2n) is 4.68. The molecule has 0 amide bonds. The fourth-order valence-electron chi connectivity index (χ4n) is 2.06. The normalized spacial score (nSPS) is 10.7. The lowest BCUT2D eigenvalue weighted by molar-refractivity contribution is -0.388. The second-order valence-corrected chi connectivity index (χ2v) is 6.07. The van der Waals surface area contributed by atoms with Crippen LogP contribution < -0.4 is 0 Å². The van der Waals surface area contributed by atoms with Gasteiger partial charge in [0.2, 0.25) is 0 Å². The molecule has 0 N–H and O–H groups in total. The average Bonchev–Trinajstić information content (AvgIpc) is 2.90. The highest BCUT2D eigenvalue weighted by molar-refractivity contribution is 7.99. The SMILES string of the molecule is Cn1c(-c2ccc(Cl)cc2)cnc1Sc1ncccc1[N+](=O)[O-]. The van der Waals surface area contributed by atoms with Crippen molar-refractivity contribution < 1.29 is 4.92 Å². The van der Waals surface area contributed by atoms with Gasteiger partial charge in [-0.15, -0.1) is 0 Å². The predicted molar refractivity (Wildman–Crippen MR) is 88.7 cm³/mol. The summed E-state index contributed by atoms with van der Waals surface area (Å²) in [5, 5.41) is 12.7. The minimum Gasteiger partial charge on any atom is -0.322 e. The third-order valence-electron chi connectivity index (χ3n) is 3.22. The number of aromatic nitrogens is 3. The van der Waals surface area contributed by atoms with Crippen molar-refractivity contribution in [2.24, 2.45) is 7.05 Å². The van der Waals surface area contributed by atoms with Crippen molar-refractivity contribution in [3.05, 3.63) is 63.9 Å². The van der Waals surface area contributed by atoms with Crippen molar-refractivity contribution in [2.45, 2.75) is 10.2 Å². The van der Waals surface area contributed by atoms with Crippen LogP contribution in [0.1, 0.15) is 0 Å². The van der Waals surface area contributed by atoms with Crippen LogP contribution in [-0.2, 0) is 7.05 Å². The molecular weight excluding hydrogens is 336 g/mol. The van der Waals surface area contributed by atoms with Crippen LogP contribution in [0.5, 0.6) is 0 Å². The largest absolute Gasteiger partial charge is 0.322 e. The van der Waals surface area contributed by atoms with E-state index in [4.69, 9.17) is 11.6 Å². The maximum atomic E-state index is 11.1. The number of nitrogens with zero attached hydrogens (tertiary/aromatic N) is 4. The zero-order chi connectivity index (χ0) is 16.4. The van der Waals surface area contributed by atoms with E-state index in [2.05, 4.69) is 9.97 Å². The summed E-state index contributed by atoms with van der Waals surface area (Å²) < 4.78 is 1.87.